The summed E-state index contributed by atoms with van der Waals surface area (Å²) in [5.41, 5.74) is 3.80. The molecule has 1 aromatic carbocycles. The Morgan fingerprint density at radius 1 is 1.14 bits per heavy atom. The fraction of sp³-hybridized carbons (Fsp3) is 0.286. The van der Waals surface area contributed by atoms with Crippen molar-refractivity contribution in [3.05, 3.63) is 54.4 Å². The van der Waals surface area contributed by atoms with Gasteiger partial charge in [-0.3, -0.25) is 4.68 Å². The van der Waals surface area contributed by atoms with Gasteiger partial charge in [-0.2, -0.15) is 5.10 Å². The molecular formula is C21H18F2N4O. The van der Waals surface area contributed by atoms with Gasteiger partial charge in [0.05, 0.1) is 17.3 Å². The Labute approximate surface area is 159 Å². The smallest absolute Gasteiger partial charge is 0.248 e. The van der Waals surface area contributed by atoms with E-state index in [9.17, 15) is 13.9 Å². The Morgan fingerprint density at radius 3 is 2.75 bits per heavy atom. The van der Waals surface area contributed by atoms with Crippen LogP contribution in [-0.4, -0.2) is 30.8 Å². The van der Waals surface area contributed by atoms with E-state index >= 15 is 0 Å². The fourth-order valence-corrected chi connectivity index (χ4v) is 3.86. The van der Waals surface area contributed by atoms with Gasteiger partial charge in [-0.1, -0.05) is 12.1 Å². The van der Waals surface area contributed by atoms with Crippen molar-refractivity contribution < 1.29 is 13.9 Å². The maximum absolute atomic E-state index is 13.1. The topological polar surface area (TPSA) is 63.8 Å². The maximum atomic E-state index is 13.1. The summed E-state index contributed by atoms with van der Waals surface area (Å²) in [6.07, 6.45) is 2.27. The number of rotatable bonds is 3. The molecule has 28 heavy (non-hydrogen) atoms. The molecule has 4 aromatic rings. The van der Waals surface area contributed by atoms with Gasteiger partial charge in [-0.15, -0.1) is 0 Å². The van der Waals surface area contributed by atoms with Gasteiger partial charge in [-0.05, 0) is 29.8 Å². The third-order valence-corrected chi connectivity index (χ3v) is 5.39. The predicted octanol–water partition coefficient (Wildman–Crippen LogP) is 4.26. The highest BCUT2D eigenvalue weighted by Gasteiger charge is 2.48. The van der Waals surface area contributed by atoms with Crippen LogP contribution in [0.3, 0.4) is 0 Å². The van der Waals surface area contributed by atoms with Crippen LogP contribution in [0.15, 0.2) is 48.8 Å². The third kappa shape index (κ3) is 2.92. The van der Waals surface area contributed by atoms with Crippen LogP contribution in [-0.2, 0) is 7.05 Å². The van der Waals surface area contributed by atoms with Gasteiger partial charge >= 0.3 is 0 Å². The van der Waals surface area contributed by atoms with Crippen molar-refractivity contribution in [1.82, 2.24) is 19.7 Å². The summed E-state index contributed by atoms with van der Waals surface area (Å²) >= 11 is 0. The molecule has 1 aliphatic rings. The zero-order valence-electron chi connectivity index (χ0n) is 15.2. The second kappa shape index (κ2) is 6.04. The highest BCUT2D eigenvalue weighted by atomic mass is 19.3. The number of nitrogens with zero attached hydrogens (tertiary/aromatic N) is 4. The van der Waals surface area contributed by atoms with Crippen LogP contribution >= 0.6 is 0 Å². The van der Waals surface area contributed by atoms with Gasteiger partial charge in [0.1, 0.15) is 0 Å². The van der Waals surface area contributed by atoms with Gasteiger partial charge in [0.2, 0.25) is 5.92 Å². The van der Waals surface area contributed by atoms with Crippen molar-refractivity contribution in [2.45, 2.75) is 24.9 Å². The van der Waals surface area contributed by atoms with Crippen molar-refractivity contribution in [3.8, 4) is 11.3 Å². The van der Waals surface area contributed by atoms with Crippen molar-refractivity contribution >= 4 is 21.9 Å². The number of hydrogen-bond acceptors (Lipinski definition) is 4. The average molecular weight is 380 g/mol. The molecule has 0 radical (unpaired) electrons. The molecule has 0 amide bonds. The first-order valence-electron chi connectivity index (χ1n) is 9.14. The molecule has 3 aromatic heterocycles. The van der Waals surface area contributed by atoms with E-state index in [0.717, 1.165) is 27.5 Å². The van der Waals surface area contributed by atoms with Crippen LogP contribution in [0.5, 0.6) is 0 Å². The molecule has 0 saturated heterocycles. The maximum Gasteiger partial charge on any atom is 0.248 e. The summed E-state index contributed by atoms with van der Waals surface area (Å²) in [4.78, 5) is 9.07. The average Bonchev–Trinajstić information content (AvgIpc) is 3.03. The Hall–Kier alpha value is -2.93. The largest absolute Gasteiger partial charge is 0.388 e. The van der Waals surface area contributed by atoms with Crippen molar-refractivity contribution in [2.75, 3.05) is 0 Å². The third-order valence-electron chi connectivity index (χ3n) is 5.39. The number of aryl methyl sites for hydroxylation is 1. The summed E-state index contributed by atoms with van der Waals surface area (Å²) in [6, 6.07) is 11.2. The summed E-state index contributed by atoms with van der Waals surface area (Å²) < 4.78 is 27.9. The van der Waals surface area contributed by atoms with E-state index in [2.05, 4.69) is 10.1 Å². The van der Waals surface area contributed by atoms with E-state index in [4.69, 9.17) is 4.98 Å². The van der Waals surface area contributed by atoms with Crippen LogP contribution in [0.1, 0.15) is 24.5 Å². The lowest BCUT2D eigenvalue weighted by Crippen LogP contribution is -2.38. The fourth-order valence-electron chi connectivity index (χ4n) is 3.86. The zero-order valence-corrected chi connectivity index (χ0v) is 15.2. The summed E-state index contributed by atoms with van der Waals surface area (Å²) in [5.74, 6) is -3.03. The Kier molecular flexibility index (Phi) is 3.71. The highest BCUT2D eigenvalue weighted by Crippen LogP contribution is 2.48. The van der Waals surface area contributed by atoms with Gasteiger partial charge in [0.15, 0.2) is 5.65 Å². The molecule has 5 nitrogen and oxygen atoms in total. The minimum Gasteiger partial charge on any atom is -0.388 e. The van der Waals surface area contributed by atoms with E-state index in [-0.39, 0.29) is 12.8 Å². The number of alkyl halides is 2. The van der Waals surface area contributed by atoms with E-state index in [1.54, 1.807) is 16.9 Å². The molecule has 142 valence electrons. The van der Waals surface area contributed by atoms with E-state index < -0.39 is 17.9 Å². The molecule has 7 heteroatoms. The molecule has 0 spiro atoms. The van der Waals surface area contributed by atoms with Gasteiger partial charge in [0, 0.05) is 54.5 Å². The first-order chi connectivity index (χ1) is 13.4. The summed E-state index contributed by atoms with van der Waals surface area (Å²) in [5, 5.41) is 16.5. The van der Waals surface area contributed by atoms with Crippen LogP contribution in [0, 0.1) is 5.92 Å². The molecule has 0 bridgehead atoms. The molecule has 1 unspecified atom stereocenters. The first-order valence-corrected chi connectivity index (χ1v) is 9.14. The molecule has 1 fully saturated rings. The van der Waals surface area contributed by atoms with Crippen molar-refractivity contribution in [1.29, 1.82) is 0 Å². The molecule has 1 aliphatic carbocycles. The minimum atomic E-state index is -2.64. The second-order valence-corrected chi connectivity index (χ2v) is 7.56. The molecule has 5 rings (SSSR count). The molecule has 0 aliphatic heterocycles. The predicted molar refractivity (Wildman–Crippen MR) is 102 cm³/mol. The van der Waals surface area contributed by atoms with Crippen molar-refractivity contribution in [3.63, 3.8) is 0 Å². The molecular weight excluding hydrogens is 362 g/mol. The van der Waals surface area contributed by atoms with Crippen LogP contribution in [0.4, 0.5) is 8.78 Å². The molecule has 1 N–H and O–H groups in total. The van der Waals surface area contributed by atoms with E-state index in [0.29, 0.717) is 11.2 Å². The standard InChI is InChI=1S/C21H18F2N4O/c1-27-11-15-7-14(10-24-20(15)26-27)18-4-2-12-6-13(3-5-17(12)25-18)19(28)16-8-21(22,23)9-16/h2-7,10-11,16,19,28H,8-9H2,1H3. The van der Waals surface area contributed by atoms with Crippen LogP contribution in [0.25, 0.3) is 33.2 Å². The first kappa shape index (κ1) is 17.2. The van der Waals surface area contributed by atoms with E-state index in [1.165, 1.54) is 0 Å². The lowest BCUT2D eigenvalue weighted by molar-refractivity contribution is -0.142. The zero-order chi connectivity index (χ0) is 19.5. The number of benzene rings is 1. The number of aliphatic hydroxyl groups is 1. The Morgan fingerprint density at radius 2 is 1.96 bits per heavy atom. The van der Waals surface area contributed by atoms with Crippen molar-refractivity contribution in [2.24, 2.45) is 13.0 Å². The normalized spacial score (nSPS) is 17.7. The summed E-state index contributed by atoms with van der Waals surface area (Å²) in [6.45, 7) is 0. The minimum absolute atomic E-state index is 0.257. The number of aliphatic hydroxyl groups excluding tert-OH is 1. The van der Waals surface area contributed by atoms with Gasteiger partial charge in [0.25, 0.3) is 0 Å². The lowest BCUT2D eigenvalue weighted by Gasteiger charge is -2.38. The second-order valence-electron chi connectivity index (χ2n) is 7.56. The Bertz CT molecular complexity index is 1200. The molecule has 1 atom stereocenters. The van der Waals surface area contributed by atoms with Crippen LogP contribution < -0.4 is 0 Å². The Balaban J connectivity index is 1.46. The SMILES string of the molecule is Cn1cc2cc(-c3ccc4cc(C(O)C5CC(F)(F)C5)ccc4n3)cnc2n1. The number of halogens is 2. The van der Waals surface area contributed by atoms with Crippen LogP contribution in [0.2, 0.25) is 0 Å². The van der Waals surface area contributed by atoms with Gasteiger partial charge in [-0.25, -0.2) is 18.7 Å². The quantitative estimate of drug-likeness (QED) is 0.577. The number of hydrogen-bond donors (Lipinski definition) is 1. The van der Waals surface area contributed by atoms with E-state index in [1.807, 2.05) is 43.6 Å². The number of aromatic nitrogens is 4. The lowest BCUT2D eigenvalue weighted by atomic mass is 9.75. The van der Waals surface area contributed by atoms with Gasteiger partial charge < -0.3 is 5.11 Å². The number of fused-ring (bicyclic) bond motifs is 2. The monoisotopic (exact) mass is 380 g/mol. The highest BCUT2D eigenvalue weighted by molar-refractivity contribution is 5.84. The summed E-state index contributed by atoms with van der Waals surface area (Å²) in [7, 11) is 1.85. The number of pyridine rings is 2. The molecule has 3 heterocycles. The molecule has 1 saturated carbocycles.